The Hall–Kier alpha value is 0. The van der Waals surface area contributed by atoms with Gasteiger partial charge in [0.05, 0.1) is 0 Å². The van der Waals surface area contributed by atoms with E-state index in [1.165, 1.54) is 103 Å². The van der Waals surface area contributed by atoms with Crippen LogP contribution in [-0.4, -0.2) is 0 Å². The SMILES string of the molecule is C.C.CCCCCCCCCCCCCCCCCC. The minimum absolute atomic E-state index is 0. The van der Waals surface area contributed by atoms with E-state index in [0.29, 0.717) is 0 Å². The minimum atomic E-state index is 0. The van der Waals surface area contributed by atoms with Crippen molar-refractivity contribution in [2.24, 2.45) is 0 Å². The topological polar surface area (TPSA) is 0 Å². The van der Waals surface area contributed by atoms with Gasteiger partial charge in [0.15, 0.2) is 0 Å². The Kier molecular flexibility index (Phi) is 30.0. The predicted octanol–water partition coefficient (Wildman–Crippen LogP) is 8.54. The Bertz CT molecular complexity index is 112. The van der Waals surface area contributed by atoms with Crippen molar-refractivity contribution in [1.29, 1.82) is 0 Å². The molecule has 0 spiro atoms. The smallest absolute Gasteiger partial charge is 0.0533 e. The van der Waals surface area contributed by atoms with Gasteiger partial charge in [-0.25, -0.2) is 0 Å². The molecule has 0 N–H and O–H groups in total. The monoisotopic (exact) mass is 286 g/mol. The highest BCUT2D eigenvalue weighted by molar-refractivity contribution is 4.49. The van der Waals surface area contributed by atoms with Gasteiger partial charge in [-0.05, 0) is 0 Å². The summed E-state index contributed by atoms with van der Waals surface area (Å²) >= 11 is 0. The Morgan fingerprint density at radius 3 is 0.600 bits per heavy atom. The van der Waals surface area contributed by atoms with Crippen LogP contribution in [-0.2, 0) is 0 Å². The first-order valence-electron chi connectivity index (χ1n) is 8.91. The fourth-order valence-electron chi connectivity index (χ4n) is 2.62. The summed E-state index contributed by atoms with van der Waals surface area (Å²) in [5, 5.41) is 0. The lowest BCUT2D eigenvalue weighted by Crippen LogP contribution is -1.83. The van der Waals surface area contributed by atoms with Crippen molar-refractivity contribution < 1.29 is 0 Å². The second kappa shape index (κ2) is 24.0. The van der Waals surface area contributed by atoms with Crippen molar-refractivity contribution >= 4 is 0 Å². The fraction of sp³-hybridized carbons (Fsp3) is 1.00. The molecule has 0 nitrogen and oxygen atoms in total. The predicted molar refractivity (Wildman–Crippen MR) is 98.7 cm³/mol. The maximum absolute atomic E-state index is 2.29. The lowest BCUT2D eigenvalue weighted by molar-refractivity contribution is 0.531. The Labute approximate surface area is 132 Å². The third-order valence-corrected chi connectivity index (χ3v) is 3.96. The van der Waals surface area contributed by atoms with E-state index in [9.17, 15) is 0 Å². The van der Waals surface area contributed by atoms with E-state index in [0.717, 1.165) is 0 Å². The number of hydrogen-bond acceptors (Lipinski definition) is 0. The molecule has 0 amide bonds. The molecule has 0 aromatic heterocycles. The molecular weight excluding hydrogens is 240 g/mol. The third kappa shape index (κ3) is 23.1. The van der Waals surface area contributed by atoms with Crippen molar-refractivity contribution in [2.45, 2.75) is 131 Å². The molecule has 0 atom stereocenters. The van der Waals surface area contributed by atoms with Crippen LogP contribution in [0.25, 0.3) is 0 Å². The second-order valence-electron chi connectivity index (χ2n) is 5.95. The van der Waals surface area contributed by atoms with Crippen LogP contribution >= 0.6 is 0 Å². The summed E-state index contributed by atoms with van der Waals surface area (Å²) in [5.74, 6) is 0. The Balaban J connectivity index is -0.00000144. The summed E-state index contributed by atoms with van der Waals surface area (Å²) < 4.78 is 0. The first-order valence-corrected chi connectivity index (χ1v) is 8.91. The molecule has 0 bridgehead atoms. The molecule has 0 saturated heterocycles. The average molecular weight is 287 g/mol. The number of hydrogen-bond donors (Lipinski definition) is 0. The van der Waals surface area contributed by atoms with Crippen molar-refractivity contribution in [3.05, 3.63) is 0 Å². The molecule has 0 rings (SSSR count). The summed E-state index contributed by atoms with van der Waals surface area (Å²) in [6.45, 7) is 4.59. The van der Waals surface area contributed by atoms with Gasteiger partial charge >= 0.3 is 0 Å². The minimum Gasteiger partial charge on any atom is -0.0776 e. The van der Waals surface area contributed by atoms with Gasteiger partial charge < -0.3 is 0 Å². The molecular formula is C20H46. The lowest BCUT2D eigenvalue weighted by Gasteiger charge is -2.03. The van der Waals surface area contributed by atoms with E-state index in [-0.39, 0.29) is 14.9 Å². The van der Waals surface area contributed by atoms with Crippen LogP contribution in [0.1, 0.15) is 131 Å². The van der Waals surface area contributed by atoms with Crippen molar-refractivity contribution in [2.75, 3.05) is 0 Å². The van der Waals surface area contributed by atoms with Crippen LogP contribution in [0.2, 0.25) is 0 Å². The summed E-state index contributed by atoms with van der Waals surface area (Å²) in [6, 6.07) is 0. The van der Waals surface area contributed by atoms with E-state index in [4.69, 9.17) is 0 Å². The number of rotatable bonds is 15. The molecule has 0 aliphatic carbocycles. The lowest BCUT2D eigenvalue weighted by atomic mass is 10.0. The van der Waals surface area contributed by atoms with Gasteiger partial charge in [0.1, 0.15) is 0 Å². The molecule has 0 saturated carbocycles. The summed E-state index contributed by atoms with van der Waals surface area (Å²) in [5.41, 5.74) is 0. The normalized spacial score (nSPS) is 9.90. The molecule has 20 heavy (non-hydrogen) atoms. The van der Waals surface area contributed by atoms with E-state index in [1.54, 1.807) is 0 Å². The van der Waals surface area contributed by atoms with Crippen LogP contribution in [0.4, 0.5) is 0 Å². The Morgan fingerprint density at radius 1 is 0.300 bits per heavy atom. The standard InChI is InChI=1S/C18H38.2CH4/c1-3-5-7-9-11-13-15-17-18-16-14-12-10-8-6-4-2;;/h3-18H2,1-2H3;2*1H4. The molecule has 0 aliphatic rings. The van der Waals surface area contributed by atoms with Crippen LogP contribution < -0.4 is 0 Å². The molecule has 126 valence electrons. The van der Waals surface area contributed by atoms with Gasteiger partial charge in [-0.3, -0.25) is 0 Å². The fourth-order valence-corrected chi connectivity index (χ4v) is 2.62. The van der Waals surface area contributed by atoms with Crippen molar-refractivity contribution in [3.63, 3.8) is 0 Å². The quantitative estimate of drug-likeness (QED) is 0.264. The molecule has 0 heterocycles. The second-order valence-corrected chi connectivity index (χ2v) is 5.95. The van der Waals surface area contributed by atoms with E-state index < -0.39 is 0 Å². The average Bonchev–Trinajstić information content (AvgIpc) is 2.39. The van der Waals surface area contributed by atoms with Crippen molar-refractivity contribution in [1.82, 2.24) is 0 Å². The first-order chi connectivity index (χ1) is 8.91. The molecule has 0 aromatic rings. The van der Waals surface area contributed by atoms with Gasteiger partial charge in [-0.2, -0.15) is 0 Å². The van der Waals surface area contributed by atoms with E-state index >= 15 is 0 Å². The summed E-state index contributed by atoms with van der Waals surface area (Å²) in [7, 11) is 0. The maximum Gasteiger partial charge on any atom is -0.0533 e. The molecule has 0 aliphatic heterocycles. The largest absolute Gasteiger partial charge is 0.0776 e. The zero-order valence-electron chi connectivity index (χ0n) is 13.3. The number of unbranched alkanes of at least 4 members (excludes halogenated alkanes) is 15. The van der Waals surface area contributed by atoms with Crippen LogP contribution in [0, 0.1) is 0 Å². The van der Waals surface area contributed by atoms with E-state index in [1.807, 2.05) is 0 Å². The highest BCUT2D eigenvalue weighted by Crippen LogP contribution is 2.13. The van der Waals surface area contributed by atoms with Gasteiger partial charge in [0.25, 0.3) is 0 Å². The molecule has 0 heteroatoms. The van der Waals surface area contributed by atoms with Crippen LogP contribution in [0.3, 0.4) is 0 Å². The molecule has 0 unspecified atom stereocenters. The highest BCUT2D eigenvalue weighted by atomic mass is 14.0. The molecule has 0 radical (unpaired) electrons. The summed E-state index contributed by atoms with van der Waals surface area (Å²) in [6.07, 6.45) is 23.4. The van der Waals surface area contributed by atoms with Crippen LogP contribution in [0.5, 0.6) is 0 Å². The van der Waals surface area contributed by atoms with Gasteiger partial charge in [-0.15, -0.1) is 0 Å². The zero-order valence-corrected chi connectivity index (χ0v) is 13.3. The van der Waals surface area contributed by atoms with Crippen molar-refractivity contribution in [3.8, 4) is 0 Å². The van der Waals surface area contributed by atoms with Gasteiger partial charge in [0.2, 0.25) is 0 Å². The van der Waals surface area contributed by atoms with Crippen LogP contribution in [0.15, 0.2) is 0 Å². The highest BCUT2D eigenvalue weighted by Gasteiger charge is 1.93. The zero-order chi connectivity index (χ0) is 13.3. The Morgan fingerprint density at radius 2 is 0.450 bits per heavy atom. The molecule has 0 fully saturated rings. The third-order valence-electron chi connectivity index (χ3n) is 3.96. The van der Waals surface area contributed by atoms with Gasteiger partial charge in [0, 0.05) is 0 Å². The van der Waals surface area contributed by atoms with Gasteiger partial charge in [-0.1, -0.05) is 131 Å². The molecule has 0 aromatic carbocycles. The van der Waals surface area contributed by atoms with E-state index in [2.05, 4.69) is 13.8 Å². The maximum atomic E-state index is 2.29. The first kappa shape index (κ1) is 25.0. The summed E-state index contributed by atoms with van der Waals surface area (Å²) in [4.78, 5) is 0.